The largest absolute Gasteiger partial charge is 0.406 e. The fraction of sp³-hybridized carbons (Fsp3) is 0.952. The van der Waals surface area contributed by atoms with Gasteiger partial charge in [0.1, 0.15) is 12.7 Å². The summed E-state index contributed by atoms with van der Waals surface area (Å²) in [6.45, 7) is 14.2. The number of rotatable bonds is 11. The molecule has 3 rings (SSSR count). The minimum Gasteiger partial charge on any atom is -0.376 e. The van der Waals surface area contributed by atoms with Gasteiger partial charge in [-0.15, -0.1) is 0 Å². The summed E-state index contributed by atoms with van der Waals surface area (Å²) >= 11 is 0. The summed E-state index contributed by atoms with van der Waals surface area (Å²) in [6.07, 6.45) is -1.41. The second kappa shape index (κ2) is 12.7. The van der Waals surface area contributed by atoms with E-state index in [1.165, 1.54) is 0 Å². The Morgan fingerprint density at radius 3 is 2.70 bits per heavy atom. The number of ether oxygens (including phenoxy) is 2. The van der Waals surface area contributed by atoms with E-state index < -0.39 is 59.9 Å². The first kappa shape index (κ1) is 23.2. The van der Waals surface area contributed by atoms with Crippen LogP contribution in [0.4, 0.5) is 0 Å². The summed E-state index contributed by atoms with van der Waals surface area (Å²) in [5.41, 5.74) is 0. The standard InChI is InChI=1S/C21H39N3O7P2/c1-15(2)24(16(3)4)32(28-14-10-22-6)30-20-9-12-27-21(20)18-7-13-29-33(25,23-18)31-19-8-11-26-17(19)5/h15-21H,7-14H2,1-5H3,(H,23,25)/t17-,18-,19+,20+,21-,32?,33+/m1/s1/i5D,11T,12T/t11-,12-,17-,18-,19+,20+,21-,32?,33+. The van der Waals surface area contributed by atoms with Gasteiger partial charge in [0.15, 0.2) is 0 Å². The molecule has 10 nitrogen and oxygen atoms in total. The first-order valence-corrected chi connectivity index (χ1v) is 14.1. The van der Waals surface area contributed by atoms with Gasteiger partial charge in [0, 0.05) is 45.5 Å². The molecule has 0 spiro atoms. The molecule has 190 valence electrons. The van der Waals surface area contributed by atoms with Crippen LogP contribution in [0.5, 0.6) is 0 Å². The molecule has 3 aliphatic heterocycles. The number of hydrogen-bond donors (Lipinski definition) is 1. The fourth-order valence-corrected chi connectivity index (χ4v) is 7.59. The van der Waals surface area contributed by atoms with Crippen LogP contribution in [0.1, 0.15) is 58.0 Å². The molecule has 0 aliphatic carbocycles. The van der Waals surface area contributed by atoms with E-state index in [1.54, 1.807) is 0 Å². The lowest BCUT2D eigenvalue weighted by molar-refractivity contribution is 0.00315. The van der Waals surface area contributed by atoms with Crippen LogP contribution in [0.2, 0.25) is 0 Å². The molecule has 12 heteroatoms. The summed E-state index contributed by atoms with van der Waals surface area (Å²) in [7, 11) is -5.30. The molecule has 0 aromatic carbocycles. The smallest absolute Gasteiger partial charge is 0.376 e. The van der Waals surface area contributed by atoms with E-state index in [-0.39, 0.29) is 45.2 Å². The normalized spacial score (nSPS) is 41.8. The molecular formula is C21H39N3O7P2. The second-order valence-electron chi connectivity index (χ2n) is 8.74. The van der Waals surface area contributed by atoms with Crippen LogP contribution in [0.15, 0.2) is 0 Å². The topological polar surface area (TPSA) is 92.1 Å². The van der Waals surface area contributed by atoms with Crippen molar-refractivity contribution in [1.29, 1.82) is 0 Å². The molecule has 0 amide bonds. The molecule has 1 N–H and O–H groups in total. The zero-order valence-corrected chi connectivity index (χ0v) is 21.6. The van der Waals surface area contributed by atoms with E-state index in [4.69, 9.17) is 38.3 Å². The van der Waals surface area contributed by atoms with E-state index in [1.807, 2.05) is 0 Å². The SMILES string of the molecule is [2H]C[C@H]1O[C@H]([3H])C[C@@H]1O[P@]1(=O)N[C@@H]([C@H]2O[C@H]([3H])C[C@@H]2OP(OCC[N+]#[C-])N(C(C)C)C(C)C)CCO1. The third kappa shape index (κ3) is 7.41. The van der Waals surface area contributed by atoms with Gasteiger partial charge in [-0.1, -0.05) is 0 Å². The molecule has 0 bridgehead atoms. The molecule has 33 heavy (non-hydrogen) atoms. The van der Waals surface area contributed by atoms with E-state index >= 15 is 0 Å². The highest BCUT2D eigenvalue weighted by atomic mass is 31.2. The van der Waals surface area contributed by atoms with E-state index in [0.29, 0.717) is 12.8 Å². The third-order valence-electron chi connectivity index (χ3n) is 5.52. The molecular weight excluding hydrogens is 468 g/mol. The van der Waals surface area contributed by atoms with E-state index in [0.717, 1.165) is 0 Å². The lowest BCUT2D eigenvalue weighted by Crippen LogP contribution is -2.48. The van der Waals surface area contributed by atoms with Crippen LogP contribution in [0.25, 0.3) is 4.85 Å². The van der Waals surface area contributed by atoms with Crippen molar-refractivity contribution >= 4 is 16.3 Å². The van der Waals surface area contributed by atoms with Gasteiger partial charge in [0.2, 0.25) is 6.54 Å². The minimum absolute atomic E-state index is 0.106. The highest BCUT2D eigenvalue weighted by Crippen LogP contribution is 2.52. The van der Waals surface area contributed by atoms with Gasteiger partial charge in [-0.05, 0) is 41.0 Å². The maximum atomic E-state index is 13.5. The van der Waals surface area contributed by atoms with Crippen molar-refractivity contribution in [3.8, 4) is 0 Å². The lowest BCUT2D eigenvalue weighted by Gasteiger charge is -2.39. The van der Waals surface area contributed by atoms with Crippen molar-refractivity contribution in [3.63, 3.8) is 0 Å². The van der Waals surface area contributed by atoms with Crippen molar-refractivity contribution in [2.24, 2.45) is 0 Å². The monoisotopic (exact) mass is 512 g/mol. The fourth-order valence-electron chi connectivity index (χ4n) is 4.05. The molecule has 0 radical (unpaired) electrons. The lowest BCUT2D eigenvalue weighted by atomic mass is 10.0. The van der Waals surface area contributed by atoms with Crippen LogP contribution >= 0.6 is 16.3 Å². The van der Waals surface area contributed by atoms with Gasteiger partial charge in [0.05, 0.1) is 27.7 Å². The molecule has 3 saturated heterocycles. The number of nitrogens with zero attached hydrogens (tertiary/aromatic N) is 2. The molecule has 9 atom stereocenters. The minimum atomic E-state index is -3.76. The Hall–Kier alpha value is -0.170. The maximum Gasteiger partial charge on any atom is 0.406 e. The number of nitrogens with one attached hydrogen (secondary N) is 1. The Morgan fingerprint density at radius 2 is 2.00 bits per heavy atom. The van der Waals surface area contributed by atoms with E-state index in [9.17, 15) is 4.57 Å². The Labute approximate surface area is 203 Å². The summed E-state index contributed by atoms with van der Waals surface area (Å²) in [5.74, 6) is 0. The van der Waals surface area contributed by atoms with Crippen molar-refractivity contribution in [1.82, 2.24) is 9.76 Å². The molecule has 0 aromatic rings. The maximum absolute atomic E-state index is 13.5. The zero-order chi connectivity index (χ0) is 26.5. The first-order valence-electron chi connectivity index (χ1n) is 13.3. The molecule has 3 fully saturated rings. The van der Waals surface area contributed by atoms with Crippen molar-refractivity contribution in [3.05, 3.63) is 11.4 Å². The van der Waals surface area contributed by atoms with Crippen molar-refractivity contribution in [2.75, 3.05) is 32.9 Å². The van der Waals surface area contributed by atoms with E-state index in [2.05, 4.69) is 42.3 Å². The molecule has 0 saturated carbocycles. The molecule has 3 aliphatic rings. The first-order chi connectivity index (χ1) is 17.1. The predicted octanol–water partition coefficient (Wildman–Crippen LogP) is 4.12. The van der Waals surface area contributed by atoms with Crippen LogP contribution < -0.4 is 5.09 Å². The van der Waals surface area contributed by atoms with Crippen LogP contribution in [-0.4, -0.2) is 80.1 Å². The average molecular weight is 513 g/mol. The summed E-state index contributed by atoms with van der Waals surface area (Å²) < 4.78 is 74.3. The van der Waals surface area contributed by atoms with Gasteiger partial charge in [-0.2, -0.15) is 0 Å². The van der Waals surface area contributed by atoms with Gasteiger partial charge in [-0.25, -0.2) is 20.9 Å². The highest BCUT2D eigenvalue weighted by Gasteiger charge is 2.46. The molecule has 3 heterocycles. The third-order valence-corrected chi connectivity index (χ3v) is 9.40. The summed E-state index contributed by atoms with van der Waals surface area (Å²) in [5, 5.41) is 2.97. The summed E-state index contributed by atoms with van der Waals surface area (Å²) in [6, 6.07) is -0.197. The van der Waals surface area contributed by atoms with Crippen LogP contribution in [0.3, 0.4) is 0 Å². The van der Waals surface area contributed by atoms with Gasteiger partial charge < -0.3 is 23.4 Å². The van der Waals surface area contributed by atoms with Crippen molar-refractivity contribution in [2.45, 2.75) is 96.4 Å². The van der Waals surface area contributed by atoms with Crippen LogP contribution in [0, 0.1) is 6.57 Å². The Bertz CT molecular complexity index is 788. The quantitative estimate of drug-likeness (QED) is 0.249. The highest BCUT2D eigenvalue weighted by molar-refractivity contribution is 7.51. The van der Waals surface area contributed by atoms with Crippen molar-refractivity contribution < 1.29 is 36.2 Å². The predicted molar refractivity (Wildman–Crippen MR) is 126 cm³/mol. The van der Waals surface area contributed by atoms with Gasteiger partial charge >= 0.3 is 7.75 Å². The Kier molecular flexibility index (Phi) is 8.94. The van der Waals surface area contributed by atoms with Gasteiger partial charge in [0.25, 0.3) is 8.53 Å². The average Bonchev–Trinajstić information content (AvgIpc) is 3.33. The summed E-state index contributed by atoms with van der Waals surface area (Å²) in [4.78, 5) is 3.37. The van der Waals surface area contributed by atoms with Crippen LogP contribution in [-0.2, 0) is 32.1 Å². The zero-order valence-electron chi connectivity index (χ0n) is 22.8. The molecule has 0 aromatic heterocycles. The van der Waals surface area contributed by atoms with Gasteiger partial charge in [-0.3, -0.25) is 9.05 Å². The number of hydrogen-bond acceptors (Lipinski definition) is 8. The second-order valence-corrected chi connectivity index (χ2v) is 11.9. The molecule has 1 unspecified atom stereocenters. The Balaban J connectivity index is 1.72. The Morgan fingerprint density at radius 1 is 1.27 bits per heavy atom.